The van der Waals surface area contributed by atoms with Gasteiger partial charge in [-0.3, -0.25) is 19.2 Å². The minimum absolute atomic E-state index is 0.0155. The lowest BCUT2D eigenvalue weighted by Gasteiger charge is -2.60. The lowest BCUT2D eigenvalue weighted by Crippen LogP contribution is -2.64. The maximum atomic E-state index is 13.8. The van der Waals surface area contributed by atoms with Gasteiger partial charge in [-0.05, 0) is 49.7 Å². The Morgan fingerprint density at radius 1 is 1.14 bits per heavy atom. The van der Waals surface area contributed by atoms with E-state index in [1.54, 1.807) is 26.0 Å². The molecule has 0 spiro atoms. The van der Waals surface area contributed by atoms with Crippen molar-refractivity contribution >= 4 is 23.5 Å². The summed E-state index contributed by atoms with van der Waals surface area (Å²) in [7, 11) is 0. The third-order valence-electron chi connectivity index (χ3n) is 9.67. The maximum Gasteiger partial charge on any atom is 0.306 e. The molecule has 192 valence electrons. The van der Waals surface area contributed by atoms with E-state index < -0.39 is 46.9 Å². The van der Waals surface area contributed by atoms with Gasteiger partial charge in [-0.2, -0.15) is 0 Å². The van der Waals surface area contributed by atoms with Crippen LogP contribution in [-0.2, 0) is 28.7 Å². The van der Waals surface area contributed by atoms with Crippen molar-refractivity contribution in [3.63, 3.8) is 0 Å². The molecule has 4 rings (SSSR count). The maximum absolute atomic E-state index is 13.8. The first-order valence-electron chi connectivity index (χ1n) is 13.0. The fourth-order valence-corrected chi connectivity index (χ4v) is 8.12. The molecule has 0 amide bonds. The number of Topliss-reactive ketones (excluding diaryl/α,β-unsaturated/α-hetero) is 1. The highest BCUT2D eigenvalue weighted by Gasteiger charge is 2.72. The molecule has 0 saturated heterocycles. The number of allylic oxidation sites excluding steroid dienone is 4. The average Bonchev–Trinajstić information content (AvgIpc) is 3.04. The molecule has 1 N–H and O–H groups in total. The Balaban J connectivity index is 1.76. The fourth-order valence-electron chi connectivity index (χ4n) is 8.12. The minimum atomic E-state index is -1.47. The number of fused-ring (bicyclic) bond motifs is 5. The van der Waals surface area contributed by atoms with Crippen molar-refractivity contribution in [1.82, 2.24) is 0 Å². The number of hydrogen-bond acceptors (Lipinski definition) is 7. The molecule has 3 saturated carbocycles. The van der Waals surface area contributed by atoms with Gasteiger partial charge in [0.1, 0.15) is 0 Å². The molecular formula is C28H38O7. The van der Waals surface area contributed by atoms with E-state index in [-0.39, 0.29) is 48.7 Å². The molecule has 35 heavy (non-hydrogen) atoms. The third kappa shape index (κ3) is 3.73. The predicted octanol–water partition coefficient (Wildman–Crippen LogP) is 3.73. The van der Waals surface area contributed by atoms with Crippen LogP contribution < -0.4 is 0 Å². The van der Waals surface area contributed by atoms with E-state index in [0.29, 0.717) is 6.42 Å². The minimum Gasteiger partial charge on any atom is -0.457 e. The van der Waals surface area contributed by atoms with Gasteiger partial charge in [0.2, 0.25) is 5.78 Å². The molecule has 0 aliphatic heterocycles. The summed E-state index contributed by atoms with van der Waals surface area (Å²) in [5.74, 6) is -1.63. The van der Waals surface area contributed by atoms with Crippen molar-refractivity contribution < 1.29 is 33.8 Å². The van der Waals surface area contributed by atoms with Crippen LogP contribution in [0.15, 0.2) is 23.8 Å². The molecule has 0 bridgehead atoms. The van der Waals surface area contributed by atoms with Crippen molar-refractivity contribution in [2.75, 3.05) is 6.61 Å². The molecule has 0 unspecified atom stereocenters. The Labute approximate surface area is 207 Å². The number of carbonyl (C=O) groups excluding carboxylic acids is 4. The summed E-state index contributed by atoms with van der Waals surface area (Å²) in [4.78, 5) is 50.4. The predicted molar refractivity (Wildman–Crippen MR) is 128 cm³/mol. The molecule has 0 aromatic carbocycles. The first kappa shape index (κ1) is 25.8. The van der Waals surface area contributed by atoms with Gasteiger partial charge in [0.25, 0.3) is 0 Å². The third-order valence-corrected chi connectivity index (χ3v) is 9.67. The van der Waals surface area contributed by atoms with E-state index in [4.69, 9.17) is 9.47 Å². The van der Waals surface area contributed by atoms with Gasteiger partial charge in [-0.1, -0.05) is 46.3 Å². The van der Waals surface area contributed by atoms with Crippen LogP contribution >= 0.6 is 0 Å². The summed E-state index contributed by atoms with van der Waals surface area (Å²) >= 11 is 0. The Morgan fingerprint density at radius 3 is 2.49 bits per heavy atom. The summed E-state index contributed by atoms with van der Waals surface area (Å²) in [6, 6.07) is 0. The van der Waals surface area contributed by atoms with Gasteiger partial charge >= 0.3 is 11.9 Å². The number of esters is 2. The zero-order valence-corrected chi connectivity index (χ0v) is 21.5. The lowest BCUT2D eigenvalue weighted by molar-refractivity contribution is -0.206. The molecule has 3 fully saturated rings. The largest absolute Gasteiger partial charge is 0.457 e. The van der Waals surface area contributed by atoms with Crippen LogP contribution in [0.3, 0.4) is 0 Å². The summed E-state index contributed by atoms with van der Waals surface area (Å²) in [5.41, 5.74) is -1.64. The van der Waals surface area contributed by atoms with E-state index in [2.05, 4.69) is 6.92 Å². The van der Waals surface area contributed by atoms with Crippen LogP contribution in [0.1, 0.15) is 73.1 Å². The Bertz CT molecular complexity index is 995. The van der Waals surface area contributed by atoms with Gasteiger partial charge < -0.3 is 14.6 Å². The van der Waals surface area contributed by atoms with Crippen molar-refractivity contribution in [2.24, 2.45) is 34.5 Å². The number of aliphatic hydroxyl groups is 1. The normalized spacial score (nSPS) is 41.8. The zero-order chi connectivity index (χ0) is 25.8. The standard InChI is InChI=1S/C28H38O7/c1-6-23(32)34-15-22(31)28(35-24(33)7-2)16(3)12-20-19-9-8-17-13-18(29)10-11-26(17,4)25(19)21(30)14-27(20,28)5/h10-11,13,16,19-21,25,30H,6-9,12,14-15H2,1-5H3/t16-,19+,20+,21+,25-,26+,27+,28-/m1/s1. The molecule has 0 aromatic heterocycles. The fraction of sp³-hybridized carbons (Fsp3) is 0.714. The summed E-state index contributed by atoms with van der Waals surface area (Å²) in [6.07, 6.45) is 7.31. The lowest BCUT2D eigenvalue weighted by atomic mass is 9.46. The molecule has 0 heterocycles. The van der Waals surface area contributed by atoms with Gasteiger partial charge in [0, 0.05) is 35.5 Å². The van der Waals surface area contributed by atoms with Crippen molar-refractivity contribution in [2.45, 2.75) is 84.8 Å². The second kappa shape index (κ2) is 8.99. The van der Waals surface area contributed by atoms with Gasteiger partial charge in [0.05, 0.1) is 6.10 Å². The number of ketones is 2. The van der Waals surface area contributed by atoms with Gasteiger partial charge in [-0.25, -0.2) is 0 Å². The highest BCUT2D eigenvalue weighted by Crippen LogP contribution is 2.69. The molecule has 0 aromatic rings. The molecule has 8 atom stereocenters. The SMILES string of the molecule is CCC(=O)OCC(=O)[C@]1(OC(=O)CC)[C@H](C)C[C@H]2[C@@H]3CCC4=CC(=O)C=C[C@]4(C)[C@H]3[C@@H](O)C[C@@]21C. The summed E-state index contributed by atoms with van der Waals surface area (Å²) < 4.78 is 11.3. The van der Waals surface area contributed by atoms with Gasteiger partial charge in [-0.15, -0.1) is 0 Å². The summed E-state index contributed by atoms with van der Waals surface area (Å²) in [5, 5.41) is 11.7. The molecule has 0 radical (unpaired) electrons. The second-order valence-electron chi connectivity index (χ2n) is 11.3. The quantitative estimate of drug-likeness (QED) is 0.570. The molecule has 7 nitrogen and oxygen atoms in total. The summed E-state index contributed by atoms with van der Waals surface area (Å²) in [6.45, 7) is 8.90. The van der Waals surface area contributed by atoms with E-state index in [1.165, 1.54) is 0 Å². The van der Waals surface area contributed by atoms with Crippen LogP contribution in [0.4, 0.5) is 0 Å². The van der Waals surface area contributed by atoms with Crippen LogP contribution in [0.5, 0.6) is 0 Å². The van der Waals surface area contributed by atoms with Gasteiger partial charge in [0.15, 0.2) is 18.0 Å². The molecule has 4 aliphatic rings. The van der Waals surface area contributed by atoms with Crippen molar-refractivity contribution in [3.8, 4) is 0 Å². The Morgan fingerprint density at radius 2 is 1.83 bits per heavy atom. The number of ether oxygens (including phenoxy) is 2. The van der Waals surface area contributed by atoms with Crippen LogP contribution in [0.25, 0.3) is 0 Å². The van der Waals surface area contributed by atoms with E-state index >= 15 is 0 Å². The number of carbonyl (C=O) groups is 4. The highest BCUT2D eigenvalue weighted by atomic mass is 16.6. The number of rotatable bonds is 6. The first-order valence-corrected chi connectivity index (χ1v) is 13.0. The molecule has 4 aliphatic carbocycles. The topological polar surface area (TPSA) is 107 Å². The van der Waals surface area contributed by atoms with Crippen LogP contribution in [0, 0.1) is 34.5 Å². The van der Waals surface area contributed by atoms with E-state index in [1.807, 2.05) is 19.9 Å². The molecule has 7 heteroatoms. The van der Waals surface area contributed by atoms with Crippen molar-refractivity contribution in [1.29, 1.82) is 0 Å². The monoisotopic (exact) mass is 486 g/mol. The zero-order valence-electron chi connectivity index (χ0n) is 21.5. The highest BCUT2D eigenvalue weighted by molar-refractivity contribution is 6.01. The Hall–Kier alpha value is -2.28. The number of aliphatic hydroxyl groups excluding tert-OH is 1. The van der Waals surface area contributed by atoms with Crippen LogP contribution in [0.2, 0.25) is 0 Å². The molecular weight excluding hydrogens is 448 g/mol. The van der Waals surface area contributed by atoms with Crippen LogP contribution in [-0.4, -0.2) is 46.9 Å². The van der Waals surface area contributed by atoms with Crippen molar-refractivity contribution in [3.05, 3.63) is 23.8 Å². The Kier molecular flexibility index (Phi) is 6.62. The first-order chi connectivity index (χ1) is 16.4. The van der Waals surface area contributed by atoms with E-state index in [9.17, 15) is 24.3 Å². The average molecular weight is 487 g/mol. The number of hydrogen-bond donors (Lipinski definition) is 1. The second-order valence-corrected chi connectivity index (χ2v) is 11.3. The smallest absolute Gasteiger partial charge is 0.306 e. The van der Waals surface area contributed by atoms with E-state index in [0.717, 1.165) is 18.4 Å².